The highest BCUT2D eigenvalue weighted by Crippen LogP contribution is 2.40. The number of benzene rings is 3. The lowest BCUT2D eigenvalue weighted by atomic mass is 10.0. The van der Waals surface area contributed by atoms with E-state index in [1.165, 1.54) is 48.5 Å². The van der Waals surface area contributed by atoms with Gasteiger partial charge in [-0.3, -0.25) is 19.2 Å². The maximum Gasteiger partial charge on any atom is 0.416 e. The van der Waals surface area contributed by atoms with Gasteiger partial charge < -0.3 is 19.7 Å². The van der Waals surface area contributed by atoms with E-state index in [1.807, 2.05) is 30.3 Å². The molecule has 0 saturated carbocycles. The topological polar surface area (TPSA) is 113 Å². The van der Waals surface area contributed by atoms with Gasteiger partial charge in [0.05, 0.1) is 49.3 Å². The molecule has 1 aromatic heterocycles. The van der Waals surface area contributed by atoms with Crippen LogP contribution in [0.1, 0.15) is 43.6 Å². The summed E-state index contributed by atoms with van der Waals surface area (Å²) in [6.07, 6.45) is -3.14. The number of carbonyl (C=O) groups excluding carboxylic acids is 2. The van der Waals surface area contributed by atoms with Crippen molar-refractivity contribution in [2.45, 2.75) is 24.8 Å². The molecule has 230 valence electrons. The Morgan fingerprint density at radius 1 is 1.02 bits per heavy atom. The van der Waals surface area contributed by atoms with Crippen LogP contribution in [0.3, 0.4) is 0 Å². The van der Waals surface area contributed by atoms with Crippen LogP contribution < -0.4 is 19.7 Å². The van der Waals surface area contributed by atoms with Gasteiger partial charge in [0.1, 0.15) is 17.6 Å². The number of anilines is 2. The monoisotopic (exact) mass is 616 g/mol. The molecule has 1 fully saturated rings. The number of hydrogen-bond donors (Lipinski definition) is 1. The average molecular weight is 617 g/mol. The molecular weight excluding hydrogens is 589 g/mol. The Morgan fingerprint density at radius 3 is 2.38 bits per heavy atom. The molecule has 1 saturated heterocycles. The van der Waals surface area contributed by atoms with Gasteiger partial charge in [0.25, 0.3) is 11.8 Å². The zero-order valence-corrected chi connectivity index (χ0v) is 24.2. The fourth-order valence-corrected chi connectivity index (χ4v) is 5.89. The van der Waals surface area contributed by atoms with Gasteiger partial charge in [0.15, 0.2) is 5.69 Å². The van der Waals surface area contributed by atoms with Crippen LogP contribution in [0.4, 0.5) is 24.5 Å². The molecule has 2 aliphatic heterocycles. The molecule has 10 nitrogen and oxygen atoms in total. The molecule has 1 N–H and O–H groups in total. The van der Waals surface area contributed by atoms with E-state index in [1.54, 1.807) is 11.8 Å². The van der Waals surface area contributed by atoms with Crippen molar-refractivity contribution in [1.29, 1.82) is 5.26 Å². The maximum atomic E-state index is 14.2. The Hall–Kier alpha value is -5.35. The van der Waals surface area contributed by atoms with Crippen LogP contribution in [0.25, 0.3) is 0 Å². The van der Waals surface area contributed by atoms with Gasteiger partial charge in [0.2, 0.25) is 0 Å². The lowest BCUT2D eigenvalue weighted by Crippen LogP contribution is -2.51. The van der Waals surface area contributed by atoms with Gasteiger partial charge in [-0.05, 0) is 60.2 Å². The quantitative estimate of drug-likeness (QED) is 0.307. The summed E-state index contributed by atoms with van der Waals surface area (Å²) in [5.41, 5.74) is 1.07. The number of hydrogen-bond acceptors (Lipinski definition) is 7. The van der Waals surface area contributed by atoms with E-state index in [0.717, 1.165) is 23.4 Å². The minimum Gasteiger partial charge on any atom is -0.497 e. The third-order valence-electron chi connectivity index (χ3n) is 8.07. The molecule has 0 unspecified atom stereocenters. The van der Waals surface area contributed by atoms with Crippen LogP contribution in [0, 0.1) is 11.3 Å². The second-order valence-electron chi connectivity index (χ2n) is 10.7. The molecule has 0 spiro atoms. The van der Waals surface area contributed by atoms with Crippen LogP contribution in [0.15, 0.2) is 72.9 Å². The first-order valence-corrected chi connectivity index (χ1v) is 13.9. The van der Waals surface area contributed by atoms with Gasteiger partial charge in [0, 0.05) is 30.9 Å². The number of carbonyl (C=O) groups is 2. The zero-order chi connectivity index (χ0) is 31.9. The van der Waals surface area contributed by atoms with Crippen molar-refractivity contribution in [2.75, 3.05) is 37.5 Å². The summed E-state index contributed by atoms with van der Waals surface area (Å²) >= 11 is 0. The number of ether oxygens (including phenoxy) is 2. The average Bonchev–Trinajstić information content (AvgIpc) is 3.65. The predicted molar refractivity (Wildman–Crippen MR) is 157 cm³/mol. The minimum absolute atomic E-state index is 0.102. The molecule has 13 heteroatoms. The Kier molecular flexibility index (Phi) is 7.68. The first kappa shape index (κ1) is 29.7. The number of rotatable bonds is 7. The lowest BCUT2D eigenvalue weighted by molar-refractivity contribution is -0.137. The van der Waals surface area contributed by atoms with Crippen molar-refractivity contribution < 1.29 is 32.2 Å². The van der Waals surface area contributed by atoms with Crippen LogP contribution in [-0.4, -0.2) is 59.8 Å². The highest BCUT2D eigenvalue weighted by atomic mass is 19.4. The Bertz CT molecular complexity index is 1800. The normalized spacial score (nSPS) is 17.8. The first-order chi connectivity index (χ1) is 21.6. The number of fused-ring (bicyclic) bond motifs is 3. The molecular formula is C32H27F3N6O4. The third kappa shape index (κ3) is 5.56. The molecule has 0 aliphatic carbocycles. The number of amides is 2. The van der Waals surface area contributed by atoms with E-state index in [4.69, 9.17) is 9.47 Å². The highest BCUT2D eigenvalue weighted by molar-refractivity contribution is 6.13. The van der Waals surface area contributed by atoms with Crippen molar-refractivity contribution >= 4 is 23.2 Å². The highest BCUT2D eigenvalue weighted by Gasteiger charge is 2.48. The number of aromatic nitrogens is 2. The molecule has 3 heterocycles. The number of nitrogens with zero attached hydrogens (tertiary/aromatic N) is 5. The second kappa shape index (κ2) is 11.6. The summed E-state index contributed by atoms with van der Waals surface area (Å²) in [6.45, 7) is 1.49. The Morgan fingerprint density at radius 2 is 1.73 bits per heavy atom. The molecule has 0 bridgehead atoms. The van der Waals surface area contributed by atoms with Crippen molar-refractivity contribution in [3.8, 4) is 17.6 Å². The molecule has 6 rings (SSSR count). The van der Waals surface area contributed by atoms with E-state index in [2.05, 4.69) is 15.3 Å². The standard InChI is InChI=1S/C32H27F3N6O4/c1-44-24-10-3-19(4-11-24)16-39-17-26-27(18-39)41-29(31(43)40(26)23-8-6-22(7-9-23)32(33,34)35)25(15-37-41)38-30(42)20-5-12-28(45-2)21(13-20)14-36/h3-13,15,26-27H,16-18H2,1-2H3,(H,38,42)/t26-,27+/m0/s1. The smallest absolute Gasteiger partial charge is 0.416 e. The summed E-state index contributed by atoms with van der Waals surface area (Å²) in [5.74, 6) is -0.0518. The fraction of sp³-hybridized carbons (Fsp3) is 0.250. The summed E-state index contributed by atoms with van der Waals surface area (Å²) in [6, 6.07) is 17.7. The molecule has 45 heavy (non-hydrogen) atoms. The fourth-order valence-electron chi connectivity index (χ4n) is 5.89. The summed E-state index contributed by atoms with van der Waals surface area (Å²) in [5, 5.41) is 16.7. The summed E-state index contributed by atoms with van der Waals surface area (Å²) in [7, 11) is 3.00. The van der Waals surface area contributed by atoms with Crippen molar-refractivity contribution in [3.05, 3.63) is 101 Å². The molecule has 2 aliphatic rings. The van der Waals surface area contributed by atoms with E-state index >= 15 is 0 Å². The van der Waals surface area contributed by atoms with E-state index in [-0.39, 0.29) is 28.6 Å². The molecule has 2 amide bonds. The van der Waals surface area contributed by atoms with Crippen LogP contribution in [0.2, 0.25) is 0 Å². The predicted octanol–water partition coefficient (Wildman–Crippen LogP) is 5.13. The van der Waals surface area contributed by atoms with Gasteiger partial charge >= 0.3 is 6.18 Å². The SMILES string of the molecule is COc1ccc(CN2C[C@@H]3[C@H](C2)N(c2ccc(C(F)(F)F)cc2)C(=O)c2c(NC(=O)c4ccc(OC)c(C#N)c4)cnn23)cc1. The summed E-state index contributed by atoms with van der Waals surface area (Å²) in [4.78, 5) is 31.0. The Labute approximate surface area is 256 Å². The van der Waals surface area contributed by atoms with Crippen LogP contribution in [-0.2, 0) is 12.7 Å². The van der Waals surface area contributed by atoms with E-state index in [0.29, 0.717) is 31.1 Å². The zero-order valence-electron chi connectivity index (χ0n) is 24.2. The molecule has 0 radical (unpaired) electrons. The molecule has 3 aromatic carbocycles. The van der Waals surface area contributed by atoms with Gasteiger partial charge in [-0.1, -0.05) is 12.1 Å². The van der Waals surface area contributed by atoms with Crippen molar-refractivity contribution in [1.82, 2.24) is 14.7 Å². The molecule has 4 aromatic rings. The van der Waals surface area contributed by atoms with Gasteiger partial charge in [-0.2, -0.15) is 23.5 Å². The number of alkyl halides is 3. The summed E-state index contributed by atoms with van der Waals surface area (Å²) < 4.78 is 52.0. The Balaban J connectivity index is 1.34. The second-order valence-corrected chi connectivity index (χ2v) is 10.7. The number of halogens is 3. The largest absolute Gasteiger partial charge is 0.497 e. The minimum atomic E-state index is -4.53. The van der Waals surface area contributed by atoms with E-state index < -0.39 is 29.6 Å². The van der Waals surface area contributed by atoms with Gasteiger partial charge in [-0.25, -0.2) is 0 Å². The lowest BCUT2D eigenvalue weighted by Gasteiger charge is -2.37. The molecule has 2 atom stereocenters. The first-order valence-electron chi connectivity index (χ1n) is 13.9. The number of methoxy groups -OCH3 is 2. The van der Waals surface area contributed by atoms with Gasteiger partial charge in [-0.15, -0.1) is 0 Å². The third-order valence-corrected chi connectivity index (χ3v) is 8.07. The van der Waals surface area contributed by atoms with E-state index in [9.17, 15) is 28.0 Å². The number of likely N-dealkylation sites (tertiary alicyclic amines) is 1. The number of nitriles is 1. The van der Waals surface area contributed by atoms with Crippen molar-refractivity contribution in [2.24, 2.45) is 0 Å². The van der Waals surface area contributed by atoms with Crippen LogP contribution >= 0.6 is 0 Å². The van der Waals surface area contributed by atoms with Crippen molar-refractivity contribution in [3.63, 3.8) is 0 Å². The number of nitrogens with one attached hydrogen (secondary N) is 1. The van der Waals surface area contributed by atoms with Crippen LogP contribution in [0.5, 0.6) is 11.5 Å². The maximum absolute atomic E-state index is 14.2.